The van der Waals surface area contributed by atoms with Crippen LogP contribution in [0.25, 0.3) is 0 Å². The molecule has 0 radical (unpaired) electrons. The van der Waals surface area contributed by atoms with E-state index in [4.69, 9.17) is 0 Å². The summed E-state index contributed by atoms with van der Waals surface area (Å²) in [6.45, 7) is 8.60. The first-order valence-electron chi connectivity index (χ1n) is 3.27. The minimum Gasteiger partial charge on any atom is -0.154 e. The molecule has 0 spiro atoms. The fourth-order valence-electron chi connectivity index (χ4n) is 0.800. The molecule has 10 heavy (non-hydrogen) atoms. The Morgan fingerprint density at radius 2 is 1.70 bits per heavy atom. The second kappa shape index (κ2) is 4.52. The van der Waals surface area contributed by atoms with Gasteiger partial charge in [-0.1, -0.05) is 18.8 Å². The van der Waals surface area contributed by atoms with Gasteiger partial charge in [-0.2, -0.15) is 23.5 Å². The Morgan fingerprint density at radius 1 is 1.30 bits per heavy atom. The highest BCUT2D eigenvalue weighted by molar-refractivity contribution is 8.18. The minimum atomic E-state index is -1.12. The van der Waals surface area contributed by atoms with Crippen molar-refractivity contribution in [3.05, 3.63) is 12.3 Å². The van der Waals surface area contributed by atoms with Crippen molar-refractivity contribution in [2.45, 2.75) is 17.3 Å². The van der Waals surface area contributed by atoms with Gasteiger partial charge in [-0.05, 0) is 12.5 Å². The maximum absolute atomic E-state index is 3.88. The molecule has 0 rings (SSSR count). The Kier molecular flexibility index (Phi) is 4.81. The van der Waals surface area contributed by atoms with E-state index in [0.29, 0.717) is 0 Å². The summed E-state index contributed by atoms with van der Waals surface area (Å²) in [5.74, 6) is 0. The number of thioether (sulfide) groups is 2. The van der Waals surface area contributed by atoms with Gasteiger partial charge >= 0.3 is 0 Å². The van der Waals surface area contributed by atoms with Crippen molar-refractivity contribution < 1.29 is 0 Å². The normalized spacial score (nSPS) is 12.1. The zero-order chi connectivity index (χ0) is 8.20. The van der Waals surface area contributed by atoms with E-state index in [0.717, 1.165) is 4.21 Å². The van der Waals surface area contributed by atoms with Gasteiger partial charge in [0.05, 0.1) is 8.07 Å². The Labute approximate surface area is 73.9 Å². The van der Waals surface area contributed by atoms with Crippen LogP contribution >= 0.6 is 23.5 Å². The van der Waals surface area contributed by atoms with Crippen molar-refractivity contribution in [1.29, 1.82) is 0 Å². The van der Waals surface area contributed by atoms with Crippen molar-refractivity contribution in [3.63, 3.8) is 0 Å². The molecule has 0 aliphatic carbocycles. The number of hydrogen-bond donors (Lipinski definition) is 0. The minimum absolute atomic E-state index is 0.769. The molecular formula is C7H16S2Si. The summed E-state index contributed by atoms with van der Waals surface area (Å²) in [5, 5.41) is 0. The smallest absolute Gasteiger partial charge is 0.0968 e. The van der Waals surface area contributed by atoms with Gasteiger partial charge in [-0.3, -0.25) is 0 Å². The Morgan fingerprint density at radius 3 is 1.80 bits per heavy atom. The van der Waals surface area contributed by atoms with Crippen LogP contribution in [0.4, 0.5) is 0 Å². The van der Waals surface area contributed by atoms with E-state index in [1.807, 2.05) is 23.5 Å². The standard InChI is InChI=1S/C7H16S2Si/c1-6-10(4,5)7(8-2)9-3/h6-7H,1H2,2-5H3. The third-order valence-corrected chi connectivity index (χ3v) is 10.9. The van der Waals surface area contributed by atoms with Crippen molar-refractivity contribution in [2.75, 3.05) is 12.5 Å². The van der Waals surface area contributed by atoms with E-state index in [9.17, 15) is 0 Å². The molecule has 0 amide bonds. The zero-order valence-corrected chi connectivity index (χ0v) is 9.81. The molecule has 0 saturated carbocycles. The second-order valence-corrected chi connectivity index (χ2v) is 10.5. The van der Waals surface area contributed by atoms with E-state index in [1.165, 1.54) is 0 Å². The zero-order valence-electron chi connectivity index (χ0n) is 7.18. The first-order chi connectivity index (χ1) is 4.58. The third-order valence-electron chi connectivity index (χ3n) is 1.56. The molecule has 0 atom stereocenters. The topological polar surface area (TPSA) is 0 Å². The van der Waals surface area contributed by atoms with Gasteiger partial charge < -0.3 is 0 Å². The van der Waals surface area contributed by atoms with Crippen molar-refractivity contribution >= 4 is 31.6 Å². The molecule has 0 N–H and O–H groups in total. The van der Waals surface area contributed by atoms with Crippen LogP contribution in [-0.4, -0.2) is 24.8 Å². The van der Waals surface area contributed by atoms with Crippen LogP contribution in [0.3, 0.4) is 0 Å². The number of hydrogen-bond acceptors (Lipinski definition) is 2. The molecule has 0 nitrogen and oxygen atoms in total. The van der Waals surface area contributed by atoms with Crippen LogP contribution in [0.1, 0.15) is 0 Å². The van der Waals surface area contributed by atoms with Gasteiger partial charge in [0.25, 0.3) is 0 Å². The molecule has 0 aromatic rings. The summed E-state index contributed by atoms with van der Waals surface area (Å²) in [5.41, 5.74) is 2.17. The third kappa shape index (κ3) is 2.72. The van der Waals surface area contributed by atoms with Crippen molar-refractivity contribution in [2.24, 2.45) is 0 Å². The van der Waals surface area contributed by atoms with Crippen LogP contribution in [0.5, 0.6) is 0 Å². The average Bonchev–Trinajstić information content (AvgIpc) is 1.90. The Bertz CT molecular complexity index is 108. The molecular weight excluding hydrogens is 176 g/mol. The quantitative estimate of drug-likeness (QED) is 0.496. The number of rotatable bonds is 4. The molecule has 0 aromatic heterocycles. The lowest BCUT2D eigenvalue weighted by Gasteiger charge is -2.25. The average molecular weight is 192 g/mol. The predicted molar refractivity (Wildman–Crippen MR) is 58.5 cm³/mol. The van der Waals surface area contributed by atoms with E-state index in [-0.39, 0.29) is 0 Å². The summed E-state index contributed by atoms with van der Waals surface area (Å²) in [6, 6.07) is 0. The predicted octanol–water partition coefficient (Wildman–Crippen LogP) is 3.01. The fraction of sp³-hybridized carbons (Fsp3) is 0.714. The summed E-state index contributed by atoms with van der Waals surface area (Å²) >= 11 is 3.91. The highest BCUT2D eigenvalue weighted by Gasteiger charge is 2.26. The van der Waals surface area contributed by atoms with E-state index in [2.05, 4.69) is 37.9 Å². The molecule has 0 bridgehead atoms. The lowest BCUT2D eigenvalue weighted by atomic mass is 11.3. The Balaban J connectivity index is 4.10. The fourth-order valence-corrected chi connectivity index (χ4v) is 7.20. The van der Waals surface area contributed by atoms with Gasteiger partial charge in [0.2, 0.25) is 0 Å². The van der Waals surface area contributed by atoms with E-state index < -0.39 is 8.07 Å². The van der Waals surface area contributed by atoms with Crippen molar-refractivity contribution in [3.8, 4) is 0 Å². The van der Waals surface area contributed by atoms with Gasteiger partial charge in [-0.15, -0.1) is 6.58 Å². The van der Waals surface area contributed by atoms with Gasteiger partial charge in [0.15, 0.2) is 0 Å². The molecule has 0 aromatic carbocycles. The summed E-state index contributed by atoms with van der Waals surface area (Å²) < 4.78 is 0.769. The van der Waals surface area contributed by atoms with Gasteiger partial charge in [-0.25, -0.2) is 0 Å². The second-order valence-electron chi connectivity index (χ2n) is 2.83. The summed E-state index contributed by atoms with van der Waals surface area (Å²) in [4.78, 5) is 0. The van der Waals surface area contributed by atoms with Crippen LogP contribution in [0.15, 0.2) is 12.3 Å². The Hall–Kier alpha value is 0.657. The molecule has 0 aliphatic rings. The van der Waals surface area contributed by atoms with Gasteiger partial charge in [0, 0.05) is 4.21 Å². The van der Waals surface area contributed by atoms with Crippen LogP contribution in [0, 0.1) is 0 Å². The lowest BCUT2D eigenvalue weighted by Crippen LogP contribution is -2.34. The molecule has 0 fully saturated rings. The van der Waals surface area contributed by atoms with E-state index >= 15 is 0 Å². The first kappa shape index (κ1) is 10.7. The van der Waals surface area contributed by atoms with E-state index in [1.54, 1.807) is 0 Å². The van der Waals surface area contributed by atoms with Crippen LogP contribution < -0.4 is 0 Å². The molecule has 0 unspecified atom stereocenters. The van der Waals surface area contributed by atoms with Crippen molar-refractivity contribution in [1.82, 2.24) is 0 Å². The summed E-state index contributed by atoms with van der Waals surface area (Å²) in [7, 11) is -1.12. The molecule has 0 heterocycles. The van der Waals surface area contributed by atoms with Crippen LogP contribution in [-0.2, 0) is 0 Å². The lowest BCUT2D eigenvalue weighted by molar-refractivity contribution is 1.67. The largest absolute Gasteiger partial charge is 0.154 e. The maximum Gasteiger partial charge on any atom is 0.0968 e. The SMILES string of the molecule is C=C[Si](C)(C)C(SC)SC. The van der Waals surface area contributed by atoms with Crippen LogP contribution in [0.2, 0.25) is 13.1 Å². The molecule has 3 heteroatoms. The highest BCUT2D eigenvalue weighted by atomic mass is 32.2. The van der Waals surface area contributed by atoms with Gasteiger partial charge in [0.1, 0.15) is 0 Å². The maximum atomic E-state index is 3.88. The summed E-state index contributed by atoms with van der Waals surface area (Å²) in [6.07, 6.45) is 4.36. The highest BCUT2D eigenvalue weighted by Crippen LogP contribution is 2.29. The monoisotopic (exact) mass is 192 g/mol. The molecule has 0 saturated heterocycles. The molecule has 0 aliphatic heterocycles. The molecule has 60 valence electrons. The first-order valence-corrected chi connectivity index (χ1v) is 9.00.